The monoisotopic (exact) mass is 195 g/mol. The van der Waals surface area contributed by atoms with E-state index in [1.807, 2.05) is 0 Å². The van der Waals surface area contributed by atoms with Gasteiger partial charge >= 0.3 is 0 Å². The average molecular weight is 195 g/mol. The quantitative estimate of drug-likeness (QED) is 0.677. The third kappa shape index (κ3) is 2.31. The summed E-state index contributed by atoms with van der Waals surface area (Å²) in [5.74, 6) is 2.91. The maximum absolute atomic E-state index is 3.72. The molecule has 1 aliphatic carbocycles. The van der Waals surface area contributed by atoms with Crippen LogP contribution in [0.15, 0.2) is 0 Å². The van der Waals surface area contributed by atoms with Crippen molar-refractivity contribution in [2.75, 3.05) is 6.54 Å². The lowest BCUT2D eigenvalue weighted by Gasteiger charge is -2.38. The Morgan fingerprint density at radius 3 is 2.43 bits per heavy atom. The smallest absolute Gasteiger partial charge is 0.00954 e. The molecule has 1 heteroatoms. The van der Waals surface area contributed by atoms with Crippen LogP contribution >= 0.6 is 0 Å². The zero-order valence-electron chi connectivity index (χ0n) is 9.76. The Morgan fingerprint density at radius 2 is 1.79 bits per heavy atom. The summed E-state index contributed by atoms with van der Waals surface area (Å²) in [5, 5.41) is 3.72. The molecule has 82 valence electrons. The molecule has 4 unspecified atom stereocenters. The van der Waals surface area contributed by atoms with Crippen molar-refractivity contribution < 1.29 is 0 Å². The fraction of sp³-hybridized carbons (Fsp3) is 1.00. The molecule has 0 aromatic rings. The molecule has 1 aliphatic heterocycles. The molecule has 2 rings (SSSR count). The molecule has 14 heavy (non-hydrogen) atoms. The fourth-order valence-electron chi connectivity index (χ4n) is 3.24. The summed E-state index contributed by atoms with van der Waals surface area (Å²) < 4.78 is 0. The van der Waals surface area contributed by atoms with Crippen LogP contribution < -0.4 is 5.32 Å². The molecule has 1 saturated heterocycles. The summed E-state index contributed by atoms with van der Waals surface area (Å²) in [6.45, 7) is 6.14. The van der Waals surface area contributed by atoms with Gasteiger partial charge in [0.15, 0.2) is 0 Å². The first-order chi connectivity index (χ1) is 6.77. The highest BCUT2D eigenvalue weighted by Crippen LogP contribution is 2.36. The van der Waals surface area contributed by atoms with Crippen molar-refractivity contribution in [2.24, 2.45) is 17.8 Å². The van der Waals surface area contributed by atoms with Crippen molar-refractivity contribution in [2.45, 2.75) is 58.4 Å². The van der Waals surface area contributed by atoms with Gasteiger partial charge in [0.1, 0.15) is 0 Å². The van der Waals surface area contributed by atoms with Crippen molar-refractivity contribution >= 4 is 0 Å². The minimum absolute atomic E-state index is 0.860. The van der Waals surface area contributed by atoms with Gasteiger partial charge in [0, 0.05) is 6.04 Å². The lowest BCUT2D eigenvalue weighted by atomic mass is 9.72. The highest BCUT2D eigenvalue weighted by atomic mass is 14.9. The lowest BCUT2D eigenvalue weighted by Crippen LogP contribution is -2.42. The van der Waals surface area contributed by atoms with Crippen LogP contribution in [0.1, 0.15) is 52.4 Å². The third-order valence-electron chi connectivity index (χ3n) is 4.56. The van der Waals surface area contributed by atoms with Crippen molar-refractivity contribution in [3.05, 3.63) is 0 Å². The molecule has 0 bridgehead atoms. The van der Waals surface area contributed by atoms with Crippen LogP contribution in [0, 0.1) is 17.8 Å². The van der Waals surface area contributed by atoms with Crippen LogP contribution in [0.25, 0.3) is 0 Å². The second-order valence-corrected chi connectivity index (χ2v) is 5.58. The summed E-state index contributed by atoms with van der Waals surface area (Å²) in [6.07, 6.45) is 8.70. The average Bonchev–Trinajstić information content (AvgIpc) is 2.23. The molecular formula is C13H25N. The zero-order chi connectivity index (χ0) is 9.97. The number of rotatable bonds is 1. The topological polar surface area (TPSA) is 12.0 Å². The van der Waals surface area contributed by atoms with Gasteiger partial charge in [-0.15, -0.1) is 0 Å². The fourth-order valence-corrected chi connectivity index (χ4v) is 3.24. The van der Waals surface area contributed by atoms with Crippen LogP contribution in [0.4, 0.5) is 0 Å². The SMILES string of the molecule is CC1CCC(C2CCCCN2)CC1C. The molecule has 1 saturated carbocycles. The summed E-state index contributed by atoms with van der Waals surface area (Å²) in [6, 6.07) is 0.860. The van der Waals surface area contributed by atoms with Crippen LogP contribution in [0.2, 0.25) is 0 Å². The predicted molar refractivity (Wildman–Crippen MR) is 61.3 cm³/mol. The normalized spacial score (nSPS) is 45.0. The zero-order valence-corrected chi connectivity index (χ0v) is 9.76. The van der Waals surface area contributed by atoms with Gasteiger partial charge < -0.3 is 5.32 Å². The van der Waals surface area contributed by atoms with Gasteiger partial charge in [-0.1, -0.05) is 26.7 Å². The lowest BCUT2D eigenvalue weighted by molar-refractivity contribution is 0.156. The highest BCUT2D eigenvalue weighted by molar-refractivity contribution is 4.85. The van der Waals surface area contributed by atoms with Crippen LogP contribution in [0.5, 0.6) is 0 Å². The van der Waals surface area contributed by atoms with E-state index >= 15 is 0 Å². The van der Waals surface area contributed by atoms with E-state index in [0.717, 1.165) is 23.8 Å². The number of nitrogens with one attached hydrogen (secondary N) is 1. The maximum atomic E-state index is 3.72. The van der Waals surface area contributed by atoms with Gasteiger partial charge in [-0.25, -0.2) is 0 Å². The molecule has 0 aromatic carbocycles. The molecule has 0 aromatic heterocycles. The van der Waals surface area contributed by atoms with E-state index in [4.69, 9.17) is 0 Å². The first-order valence-corrected chi connectivity index (χ1v) is 6.50. The Kier molecular flexibility index (Phi) is 3.48. The number of hydrogen-bond donors (Lipinski definition) is 1. The Bertz CT molecular complexity index is 172. The summed E-state index contributed by atoms with van der Waals surface area (Å²) in [5.41, 5.74) is 0. The minimum atomic E-state index is 0.860. The molecular weight excluding hydrogens is 170 g/mol. The van der Waals surface area contributed by atoms with E-state index in [0.29, 0.717) is 0 Å². The number of piperidine rings is 1. The van der Waals surface area contributed by atoms with E-state index in [1.165, 1.54) is 45.1 Å². The van der Waals surface area contributed by atoms with E-state index in [1.54, 1.807) is 0 Å². The second-order valence-electron chi connectivity index (χ2n) is 5.58. The number of hydrogen-bond acceptors (Lipinski definition) is 1. The minimum Gasteiger partial charge on any atom is -0.314 e. The first-order valence-electron chi connectivity index (χ1n) is 6.50. The summed E-state index contributed by atoms with van der Waals surface area (Å²) in [7, 11) is 0. The summed E-state index contributed by atoms with van der Waals surface area (Å²) >= 11 is 0. The Balaban J connectivity index is 1.85. The van der Waals surface area contributed by atoms with Gasteiger partial charge in [-0.3, -0.25) is 0 Å². The Labute approximate surface area is 88.7 Å². The molecule has 2 aliphatic rings. The molecule has 0 radical (unpaired) electrons. The van der Waals surface area contributed by atoms with Gasteiger partial charge in [0.05, 0.1) is 0 Å². The van der Waals surface area contributed by atoms with Crippen molar-refractivity contribution in [3.63, 3.8) is 0 Å². The van der Waals surface area contributed by atoms with Gasteiger partial charge in [-0.05, 0) is 50.0 Å². The van der Waals surface area contributed by atoms with Crippen molar-refractivity contribution in [1.29, 1.82) is 0 Å². The highest BCUT2D eigenvalue weighted by Gasteiger charge is 2.30. The van der Waals surface area contributed by atoms with Crippen LogP contribution in [-0.2, 0) is 0 Å². The molecule has 0 amide bonds. The van der Waals surface area contributed by atoms with Gasteiger partial charge in [-0.2, -0.15) is 0 Å². The Morgan fingerprint density at radius 1 is 0.929 bits per heavy atom. The molecule has 0 spiro atoms. The van der Waals surface area contributed by atoms with Crippen molar-refractivity contribution in [3.8, 4) is 0 Å². The molecule has 1 nitrogen and oxygen atoms in total. The van der Waals surface area contributed by atoms with Gasteiger partial charge in [0.25, 0.3) is 0 Å². The first kappa shape index (κ1) is 10.5. The predicted octanol–water partition coefficient (Wildman–Crippen LogP) is 3.20. The van der Waals surface area contributed by atoms with Gasteiger partial charge in [0.2, 0.25) is 0 Å². The van der Waals surface area contributed by atoms with E-state index in [-0.39, 0.29) is 0 Å². The molecule has 4 atom stereocenters. The standard InChI is InChI=1S/C13H25N/c1-10-6-7-12(9-11(10)2)13-5-3-4-8-14-13/h10-14H,3-9H2,1-2H3. The van der Waals surface area contributed by atoms with Crippen LogP contribution in [0.3, 0.4) is 0 Å². The van der Waals surface area contributed by atoms with Crippen LogP contribution in [-0.4, -0.2) is 12.6 Å². The largest absolute Gasteiger partial charge is 0.314 e. The third-order valence-corrected chi connectivity index (χ3v) is 4.56. The molecule has 1 N–H and O–H groups in total. The maximum Gasteiger partial charge on any atom is 0.00954 e. The van der Waals surface area contributed by atoms with E-state index in [2.05, 4.69) is 19.2 Å². The summed E-state index contributed by atoms with van der Waals surface area (Å²) in [4.78, 5) is 0. The second kappa shape index (κ2) is 4.65. The van der Waals surface area contributed by atoms with E-state index in [9.17, 15) is 0 Å². The van der Waals surface area contributed by atoms with E-state index < -0.39 is 0 Å². The molecule has 2 fully saturated rings. The Hall–Kier alpha value is -0.0400. The van der Waals surface area contributed by atoms with Crippen molar-refractivity contribution in [1.82, 2.24) is 5.32 Å². The molecule has 1 heterocycles.